The number of rotatable bonds is 4. The molecule has 2 amide bonds. The Kier molecular flexibility index (Phi) is 6.16. The third kappa shape index (κ3) is 4.90. The van der Waals surface area contributed by atoms with Crippen molar-refractivity contribution < 1.29 is 27.2 Å². The molecule has 0 aromatic heterocycles. The van der Waals surface area contributed by atoms with Gasteiger partial charge in [-0.25, -0.2) is 4.39 Å². The maximum Gasteiger partial charge on any atom is 0.409 e. The van der Waals surface area contributed by atoms with Crippen molar-refractivity contribution in [1.29, 1.82) is 0 Å². The van der Waals surface area contributed by atoms with E-state index in [1.165, 1.54) is 30.3 Å². The monoisotopic (exact) mass is 426 g/mol. The van der Waals surface area contributed by atoms with E-state index in [2.05, 4.69) is 5.32 Å². The van der Waals surface area contributed by atoms with Crippen LogP contribution in [-0.2, 0) is 9.59 Å². The van der Waals surface area contributed by atoms with Crippen LogP contribution in [0, 0.1) is 5.82 Å². The number of halogens is 4. The minimum Gasteiger partial charge on any atom is -0.324 e. The molecule has 4 nitrogen and oxygen atoms in total. The summed E-state index contributed by atoms with van der Waals surface area (Å²) < 4.78 is 54.1. The zero-order valence-corrected chi connectivity index (χ0v) is 16.2. The van der Waals surface area contributed by atoms with Gasteiger partial charge in [0.05, 0.1) is 23.5 Å². The van der Waals surface area contributed by atoms with Gasteiger partial charge < -0.3 is 5.32 Å². The SMILES string of the molecule is CC(SCC(=O)N1c2ccccc2NC(=O)CC1C(F)(F)F)c1ccc(F)cc1. The summed E-state index contributed by atoms with van der Waals surface area (Å²) in [5.74, 6) is -2.18. The van der Waals surface area contributed by atoms with Crippen LogP contribution >= 0.6 is 11.8 Å². The molecule has 0 saturated carbocycles. The minimum atomic E-state index is -4.77. The zero-order chi connectivity index (χ0) is 21.2. The highest BCUT2D eigenvalue weighted by Crippen LogP contribution is 2.38. The Bertz CT molecular complexity index is 902. The molecule has 2 aromatic rings. The summed E-state index contributed by atoms with van der Waals surface area (Å²) >= 11 is 1.15. The van der Waals surface area contributed by atoms with E-state index in [-0.39, 0.29) is 22.4 Å². The highest BCUT2D eigenvalue weighted by molar-refractivity contribution is 8.00. The summed E-state index contributed by atoms with van der Waals surface area (Å²) in [6.45, 7) is 1.79. The molecule has 0 radical (unpaired) electrons. The first-order chi connectivity index (χ1) is 13.7. The number of para-hydroxylation sites is 2. The van der Waals surface area contributed by atoms with E-state index < -0.39 is 36.3 Å². The number of carbonyl (C=O) groups is 2. The number of nitrogens with one attached hydrogen (secondary N) is 1. The zero-order valence-electron chi connectivity index (χ0n) is 15.4. The van der Waals surface area contributed by atoms with E-state index in [4.69, 9.17) is 0 Å². The smallest absolute Gasteiger partial charge is 0.324 e. The van der Waals surface area contributed by atoms with Crippen molar-refractivity contribution in [3.05, 3.63) is 59.9 Å². The normalized spacial score (nSPS) is 17.9. The van der Waals surface area contributed by atoms with E-state index in [1.807, 2.05) is 0 Å². The van der Waals surface area contributed by atoms with Crippen molar-refractivity contribution >= 4 is 35.0 Å². The standard InChI is InChI=1S/C20H18F4N2O2S/c1-12(13-6-8-14(21)9-7-13)29-11-19(28)26-16-5-3-2-4-15(16)25-18(27)10-17(26)20(22,23)24/h2-9,12,17H,10-11H2,1H3,(H,25,27). The van der Waals surface area contributed by atoms with Gasteiger partial charge in [0.1, 0.15) is 11.9 Å². The molecule has 0 bridgehead atoms. The van der Waals surface area contributed by atoms with Gasteiger partial charge >= 0.3 is 6.18 Å². The third-order valence-electron chi connectivity index (χ3n) is 4.57. The van der Waals surface area contributed by atoms with Crippen LogP contribution in [0.25, 0.3) is 0 Å². The number of thioether (sulfide) groups is 1. The van der Waals surface area contributed by atoms with Crippen LogP contribution in [0.4, 0.5) is 28.9 Å². The Hall–Kier alpha value is -2.55. The van der Waals surface area contributed by atoms with E-state index in [9.17, 15) is 27.2 Å². The molecule has 1 N–H and O–H groups in total. The molecule has 3 rings (SSSR count). The molecule has 1 aliphatic rings. The highest BCUT2D eigenvalue weighted by Gasteiger charge is 2.48. The quantitative estimate of drug-likeness (QED) is 0.706. The Morgan fingerprint density at radius 2 is 1.86 bits per heavy atom. The fraction of sp³-hybridized carbons (Fsp3) is 0.300. The number of alkyl halides is 3. The van der Waals surface area contributed by atoms with Crippen LogP contribution in [0.5, 0.6) is 0 Å². The summed E-state index contributed by atoms with van der Waals surface area (Å²) in [6, 6.07) is 9.39. The highest BCUT2D eigenvalue weighted by atomic mass is 32.2. The Balaban J connectivity index is 1.85. The molecule has 29 heavy (non-hydrogen) atoms. The number of amides is 2. The molecule has 0 fully saturated rings. The van der Waals surface area contributed by atoms with Crippen LogP contribution in [0.3, 0.4) is 0 Å². The second-order valence-electron chi connectivity index (χ2n) is 6.60. The fourth-order valence-corrected chi connectivity index (χ4v) is 3.97. The summed E-state index contributed by atoms with van der Waals surface area (Å²) in [5, 5.41) is 2.20. The molecule has 154 valence electrons. The number of benzene rings is 2. The van der Waals surface area contributed by atoms with Gasteiger partial charge in [0.25, 0.3) is 0 Å². The van der Waals surface area contributed by atoms with Crippen molar-refractivity contribution in [1.82, 2.24) is 0 Å². The summed E-state index contributed by atoms with van der Waals surface area (Å²) in [6.07, 6.45) is -5.64. The van der Waals surface area contributed by atoms with Gasteiger partial charge in [-0.1, -0.05) is 24.3 Å². The van der Waals surface area contributed by atoms with Crippen LogP contribution in [0.2, 0.25) is 0 Å². The molecule has 1 aliphatic heterocycles. The first-order valence-electron chi connectivity index (χ1n) is 8.81. The predicted molar refractivity (Wildman–Crippen MR) is 104 cm³/mol. The predicted octanol–water partition coefficient (Wildman–Crippen LogP) is 4.93. The van der Waals surface area contributed by atoms with Gasteiger partial charge in [-0.2, -0.15) is 13.2 Å². The van der Waals surface area contributed by atoms with Crippen LogP contribution in [0.15, 0.2) is 48.5 Å². The molecule has 9 heteroatoms. The Labute approximate surface area is 169 Å². The Morgan fingerprint density at radius 1 is 1.21 bits per heavy atom. The van der Waals surface area contributed by atoms with Crippen LogP contribution < -0.4 is 10.2 Å². The summed E-state index contributed by atoms with van der Waals surface area (Å²) in [5.41, 5.74) is 0.930. The average molecular weight is 426 g/mol. The number of hydrogen-bond acceptors (Lipinski definition) is 3. The van der Waals surface area contributed by atoms with Crippen molar-refractivity contribution in [3.8, 4) is 0 Å². The van der Waals surface area contributed by atoms with Gasteiger partial charge in [0, 0.05) is 5.25 Å². The minimum absolute atomic E-state index is 0.0145. The third-order valence-corrected chi connectivity index (χ3v) is 5.76. The first-order valence-corrected chi connectivity index (χ1v) is 9.86. The largest absolute Gasteiger partial charge is 0.409 e. The molecule has 2 atom stereocenters. The van der Waals surface area contributed by atoms with Crippen LogP contribution in [-0.4, -0.2) is 29.8 Å². The van der Waals surface area contributed by atoms with Crippen molar-refractivity contribution in [2.45, 2.75) is 30.8 Å². The van der Waals surface area contributed by atoms with E-state index in [1.54, 1.807) is 25.1 Å². The second-order valence-corrected chi connectivity index (χ2v) is 7.92. The topological polar surface area (TPSA) is 49.4 Å². The lowest BCUT2D eigenvalue weighted by molar-refractivity contribution is -0.157. The first kappa shape index (κ1) is 21.2. The molecule has 0 spiro atoms. The lowest BCUT2D eigenvalue weighted by atomic mass is 10.1. The Morgan fingerprint density at radius 3 is 2.52 bits per heavy atom. The van der Waals surface area contributed by atoms with Crippen molar-refractivity contribution in [3.63, 3.8) is 0 Å². The van der Waals surface area contributed by atoms with Crippen LogP contribution in [0.1, 0.15) is 24.2 Å². The van der Waals surface area contributed by atoms with E-state index in [0.717, 1.165) is 17.3 Å². The molecular weight excluding hydrogens is 408 g/mol. The van der Waals surface area contributed by atoms with E-state index in [0.29, 0.717) is 4.90 Å². The maximum absolute atomic E-state index is 13.7. The molecular formula is C20H18F4N2O2S. The fourth-order valence-electron chi connectivity index (χ4n) is 3.09. The number of anilines is 2. The molecule has 0 aliphatic carbocycles. The molecule has 2 unspecified atom stereocenters. The molecule has 1 heterocycles. The van der Waals surface area contributed by atoms with Gasteiger partial charge in [-0.3, -0.25) is 14.5 Å². The summed E-state index contributed by atoms with van der Waals surface area (Å²) in [4.78, 5) is 25.5. The summed E-state index contributed by atoms with van der Waals surface area (Å²) in [7, 11) is 0. The van der Waals surface area contributed by atoms with E-state index >= 15 is 0 Å². The lowest BCUT2D eigenvalue weighted by Gasteiger charge is -2.32. The van der Waals surface area contributed by atoms with Crippen molar-refractivity contribution in [2.24, 2.45) is 0 Å². The number of fused-ring (bicyclic) bond motifs is 1. The van der Waals surface area contributed by atoms with Crippen molar-refractivity contribution in [2.75, 3.05) is 16.0 Å². The lowest BCUT2D eigenvalue weighted by Crippen LogP contribution is -2.50. The van der Waals surface area contributed by atoms with Gasteiger partial charge in [-0.05, 0) is 36.8 Å². The molecule has 0 saturated heterocycles. The van der Waals surface area contributed by atoms with Gasteiger partial charge in [0.2, 0.25) is 11.8 Å². The molecule has 2 aromatic carbocycles. The number of carbonyl (C=O) groups excluding carboxylic acids is 2. The second kappa shape index (κ2) is 8.44. The number of hydrogen-bond donors (Lipinski definition) is 1. The number of nitrogens with zero attached hydrogens (tertiary/aromatic N) is 1. The maximum atomic E-state index is 13.7. The average Bonchev–Trinajstić information content (AvgIpc) is 2.82. The van der Waals surface area contributed by atoms with Gasteiger partial charge in [0.15, 0.2) is 0 Å². The van der Waals surface area contributed by atoms with Gasteiger partial charge in [-0.15, -0.1) is 11.8 Å².